The maximum absolute atomic E-state index is 11.9. The summed E-state index contributed by atoms with van der Waals surface area (Å²) >= 11 is 0. The Morgan fingerprint density at radius 1 is 1.43 bits per heavy atom. The number of aromatic amines is 1. The molecule has 0 aliphatic rings. The van der Waals surface area contributed by atoms with Gasteiger partial charge in [0, 0.05) is 13.2 Å². The van der Waals surface area contributed by atoms with Crippen LogP contribution in [-0.2, 0) is 11.8 Å². The molecule has 108 valence electrons. The summed E-state index contributed by atoms with van der Waals surface area (Å²) in [6.45, 7) is 4.08. The molecule has 0 saturated heterocycles. The summed E-state index contributed by atoms with van der Waals surface area (Å²) in [5.41, 5.74) is 4.01. The van der Waals surface area contributed by atoms with Crippen LogP contribution in [0.5, 0.6) is 0 Å². The molecule has 6 nitrogen and oxygen atoms in total. The molecule has 0 aliphatic heterocycles. The van der Waals surface area contributed by atoms with Gasteiger partial charge in [-0.2, -0.15) is 5.10 Å². The van der Waals surface area contributed by atoms with E-state index in [1.165, 1.54) is 0 Å². The first-order valence-electron chi connectivity index (χ1n) is 6.76. The number of H-pyrrole nitrogens is 1. The van der Waals surface area contributed by atoms with Crippen LogP contribution in [-0.4, -0.2) is 32.3 Å². The molecule has 0 radical (unpaired) electrons. The van der Waals surface area contributed by atoms with Crippen molar-refractivity contribution in [3.63, 3.8) is 0 Å². The van der Waals surface area contributed by atoms with Crippen molar-refractivity contribution in [2.24, 2.45) is 7.05 Å². The number of hydrogen-bond acceptors (Lipinski definition) is 4. The van der Waals surface area contributed by atoms with Crippen LogP contribution in [0.2, 0.25) is 0 Å². The van der Waals surface area contributed by atoms with E-state index < -0.39 is 0 Å². The van der Waals surface area contributed by atoms with E-state index in [2.05, 4.69) is 15.1 Å². The third kappa shape index (κ3) is 2.29. The molecule has 0 aliphatic carbocycles. The number of aryl methyl sites for hydroxylation is 2. The maximum atomic E-state index is 11.9. The van der Waals surface area contributed by atoms with Crippen LogP contribution in [0, 0.1) is 6.92 Å². The average Bonchev–Trinajstić information content (AvgIpc) is 3.04. The van der Waals surface area contributed by atoms with Crippen molar-refractivity contribution in [2.45, 2.75) is 13.8 Å². The molecule has 0 unspecified atom stereocenters. The number of benzene rings is 1. The lowest BCUT2D eigenvalue weighted by atomic mass is 10.1. The molecular weight excluding hydrogens is 268 g/mol. The van der Waals surface area contributed by atoms with Crippen molar-refractivity contribution >= 4 is 17.0 Å². The Hall–Kier alpha value is -2.63. The number of hydrogen-bond donors (Lipinski definition) is 1. The van der Waals surface area contributed by atoms with Crippen LogP contribution in [0.25, 0.3) is 22.6 Å². The summed E-state index contributed by atoms with van der Waals surface area (Å²) in [6.07, 6.45) is 1.72. The topological polar surface area (TPSA) is 72.8 Å². The molecule has 3 rings (SSSR count). The average molecular weight is 284 g/mol. The first-order valence-corrected chi connectivity index (χ1v) is 6.76. The Balaban J connectivity index is 2.11. The minimum atomic E-state index is -0.320. The molecule has 2 heterocycles. The molecule has 1 N–H and O–H groups in total. The molecular formula is C15H16N4O2. The van der Waals surface area contributed by atoms with Crippen molar-refractivity contribution in [2.75, 3.05) is 6.61 Å². The molecule has 0 spiro atoms. The van der Waals surface area contributed by atoms with Gasteiger partial charge in [0.1, 0.15) is 5.69 Å². The lowest BCUT2D eigenvalue weighted by Gasteiger charge is -2.03. The number of esters is 1. The van der Waals surface area contributed by atoms with Gasteiger partial charge in [-0.25, -0.2) is 9.78 Å². The van der Waals surface area contributed by atoms with E-state index in [4.69, 9.17) is 4.74 Å². The van der Waals surface area contributed by atoms with Gasteiger partial charge in [-0.15, -0.1) is 0 Å². The number of ether oxygens (including phenoxy) is 1. The standard InChI is InChI=1S/C15H16N4O2/c1-4-21-15(20)10-7-9(2)13-11(8-10)17-14(18-13)12-5-6-16-19(12)3/h5-8H,4H2,1-3H3,(H,17,18). The molecule has 1 aromatic carbocycles. The molecule has 0 bridgehead atoms. The monoisotopic (exact) mass is 284 g/mol. The van der Waals surface area contributed by atoms with Gasteiger partial charge >= 0.3 is 5.97 Å². The summed E-state index contributed by atoms with van der Waals surface area (Å²) in [5, 5.41) is 4.14. The van der Waals surface area contributed by atoms with Crippen molar-refractivity contribution < 1.29 is 9.53 Å². The SMILES string of the molecule is CCOC(=O)c1cc(C)c2nc(-c3ccnn3C)[nH]c2c1. The Bertz CT molecular complexity index is 816. The number of carbonyl (C=O) groups excluding carboxylic acids is 1. The quantitative estimate of drug-likeness (QED) is 0.750. The van der Waals surface area contributed by atoms with E-state index >= 15 is 0 Å². The van der Waals surface area contributed by atoms with Crippen molar-refractivity contribution in [1.82, 2.24) is 19.7 Å². The minimum absolute atomic E-state index is 0.320. The first-order chi connectivity index (χ1) is 10.1. The van der Waals surface area contributed by atoms with E-state index in [9.17, 15) is 4.79 Å². The second-order valence-corrected chi connectivity index (χ2v) is 4.84. The zero-order chi connectivity index (χ0) is 15.0. The lowest BCUT2D eigenvalue weighted by Crippen LogP contribution is -2.04. The van der Waals surface area contributed by atoms with Gasteiger partial charge in [-0.05, 0) is 37.6 Å². The number of fused-ring (bicyclic) bond motifs is 1. The van der Waals surface area contributed by atoms with Gasteiger partial charge in [0.2, 0.25) is 0 Å². The molecule has 0 amide bonds. The van der Waals surface area contributed by atoms with E-state index in [0.717, 1.165) is 28.1 Å². The molecule has 2 aromatic heterocycles. The van der Waals surface area contributed by atoms with Crippen molar-refractivity contribution in [1.29, 1.82) is 0 Å². The maximum Gasteiger partial charge on any atom is 0.338 e. The number of nitrogens with zero attached hydrogens (tertiary/aromatic N) is 3. The third-order valence-electron chi connectivity index (χ3n) is 3.35. The molecule has 21 heavy (non-hydrogen) atoms. The number of imidazole rings is 1. The van der Waals surface area contributed by atoms with Gasteiger partial charge in [0.15, 0.2) is 5.82 Å². The second-order valence-electron chi connectivity index (χ2n) is 4.84. The van der Waals surface area contributed by atoms with Crippen LogP contribution >= 0.6 is 0 Å². The van der Waals surface area contributed by atoms with E-state index in [1.807, 2.05) is 20.0 Å². The van der Waals surface area contributed by atoms with Gasteiger partial charge in [-0.1, -0.05) is 0 Å². The molecule has 0 fully saturated rings. The second kappa shape index (κ2) is 5.05. The molecule has 0 saturated carbocycles. The summed E-state index contributed by atoms with van der Waals surface area (Å²) < 4.78 is 6.79. The number of carbonyl (C=O) groups is 1. The predicted octanol–water partition coefficient (Wildman–Crippen LogP) is 2.45. The van der Waals surface area contributed by atoms with E-state index in [0.29, 0.717) is 12.2 Å². The Morgan fingerprint density at radius 3 is 2.90 bits per heavy atom. The van der Waals surface area contributed by atoms with Crippen LogP contribution < -0.4 is 0 Å². The Morgan fingerprint density at radius 2 is 2.24 bits per heavy atom. The third-order valence-corrected chi connectivity index (χ3v) is 3.35. The Kier molecular flexibility index (Phi) is 3.21. The number of rotatable bonds is 3. The summed E-state index contributed by atoms with van der Waals surface area (Å²) in [7, 11) is 1.86. The lowest BCUT2D eigenvalue weighted by molar-refractivity contribution is 0.0526. The number of nitrogens with one attached hydrogen (secondary N) is 1. The largest absolute Gasteiger partial charge is 0.462 e. The highest BCUT2D eigenvalue weighted by Crippen LogP contribution is 2.23. The van der Waals surface area contributed by atoms with Gasteiger partial charge in [0.05, 0.1) is 23.2 Å². The van der Waals surface area contributed by atoms with Gasteiger partial charge in [-0.3, -0.25) is 4.68 Å². The molecule has 6 heteroatoms. The highest BCUT2D eigenvalue weighted by molar-refractivity contribution is 5.95. The molecule has 0 atom stereocenters. The summed E-state index contributed by atoms with van der Waals surface area (Å²) in [5.74, 6) is 0.410. The predicted molar refractivity (Wildman–Crippen MR) is 79.0 cm³/mol. The normalized spacial score (nSPS) is 11.0. The van der Waals surface area contributed by atoms with E-state index in [1.54, 1.807) is 29.9 Å². The van der Waals surface area contributed by atoms with Gasteiger partial charge in [0.25, 0.3) is 0 Å². The van der Waals surface area contributed by atoms with Crippen molar-refractivity contribution in [3.8, 4) is 11.5 Å². The van der Waals surface area contributed by atoms with Crippen molar-refractivity contribution in [3.05, 3.63) is 35.5 Å². The van der Waals surface area contributed by atoms with Crippen LogP contribution in [0.4, 0.5) is 0 Å². The first kappa shape index (κ1) is 13.4. The summed E-state index contributed by atoms with van der Waals surface area (Å²) in [6, 6.07) is 5.46. The fourth-order valence-electron chi connectivity index (χ4n) is 2.35. The fraction of sp³-hybridized carbons (Fsp3) is 0.267. The summed E-state index contributed by atoms with van der Waals surface area (Å²) in [4.78, 5) is 19.7. The molecule has 3 aromatic rings. The highest BCUT2D eigenvalue weighted by Gasteiger charge is 2.14. The van der Waals surface area contributed by atoms with E-state index in [-0.39, 0.29) is 5.97 Å². The number of aromatic nitrogens is 4. The zero-order valence-electron chi connectivity index (χ0n) is 12.2. The van der Waals surface area contributed by atoms with Gasteiger partial charge < -0.3 is 9.72 Å². The smallest absolute Gasteiger partial charge is 0.338 e. The fourth-order valence-corrected chi connectivity index (χ4v) is 2.35. The van der Waals surface area contributed by atoms with Crippen LogP contribution in [0.15, 0.2) is 24.4 Å². The Labute approximate surface area is 121 Å². The van der Waals surface area contributed by atoms with Crippen LogP contribution in [0.3, 0.4) is 0 Å². The highest BCUT2D eigenvalue weighted by atomic mass is 16.5. The minimum Gasteiger partial charge on any atom is -0.462 e. The van der Waals surface area contributed by atoms with Crippen LogP contribution in [0.1, 0.15) is 22.8 Å². The zero-order valence-corrected chi connectivity index (χ0v) is 12.2.